The van der Waals surface area contributed by atoms with Gasteiger partial charge in [-0.15, -0.1) is 0 Å². The van der Waals surface area contributed by atoms with Crippen LogP contribution in [0, 0.1) is 0 Å². The Morgan fingerprint density at radius 1 is 1.16 bits per heavy atom. The maximum absolute atomic E-state index is 12.4. The fourth-order valence-corrected chi connectivity index (χ4v) is 3.44. The number of ether oxygens (including phenoxy) is 2. The molecule has 1 amide bonds. The molecular weight excluding hydrogens is 392 g/mol. The Labute approximate surface area is 183 Å². The lowest BCUT2D eigenvalue weighted by Gasteiger charge is -2.13. The third-order valence-electron chi connectivity index (χ3n) is 5.00. The number of rotatable bonds is 9. The number of nitrogens with one attached hydrogen (secondary N) is 1. The van der Waals surface area contributed by atoms with E-state index < -0.39 is 0 Å². The van der Waals surface area contributed by atoms with Crippen molar-refractivity contribution in [2.75, 3.05) is 40.9 Å². The number of carbonyl (C=O) groups excluding carboxylic acids is 1. The van der Waals surface area contributed by atoms with Gasteiger partial charge in [-0.25, -0.2) is 0 Å². The minimum Gasteiger partial charge on any atom is -0.496 e. The molecule has 1 N–H and O–H groups in total. The number of hydrogen-bond acceptors (Lipinski definition) is 5. The van der Waals surface area contributed by atoms with Gasteiger partial charge in [0.1, 0.15) is 17.1 Å². The molecule has 0 aliphatic carbocycles. The second-order valence-electron chi connectivity index (χ2n) is 7.55. The van der Waals surface area contributed by atoms with Crippen molar-refractivity contribution in [3.8, 4) is 22.6 Å². The molecular formula is C25H30N2O4. The number of allylic oxidation sites excluding steroid dienone is 1. The summed E-state index contributed by atoms with van der Waals surface area (Å²) in [5.74, 6) is 1.33. The quantitative estimate of drug-likeness (QED) is 0.511. The Bertz CT molecular complexity index is 1080. The van der Waals surface area contributed by atoms with E-state index in [1.807, 2.05) is 69.2 Å². The lowest BCUT2D eigenvalue weighted by Crippen LogP contribution is -2.30. The van der Waals surface area contributed by atoms with Crippen molar-refractivity contribution in [3.63, 3.8) is 0 Å². The van der Waals surface area contributed by atoms with Crippen LogP contribution in [-0.4, -0.2) is 51.7 Å². The summed E-state index contributed by atoms with van der Waals surface area (Å²) in [5.41, 5.74) is 4.27. The summed E-state index contributed by atoms with van der Waals surface area (Å²) in [6.07, 6.45) is 3.34. The first-order valence-corrected chi connectivity index (χ1v) is 10.4. The molecule has 6 heteroatoms. The van der Waals surface area contributed by atoms with Crippen molar-refractivity contribution in [2.45, 2.75) is 13.8 Å². The van der Waals surface area contributed by atoms with Gasteiger partial charge in [-0.05, 0) is 45.6 Å². The van der Waals surface area contributed by atoms with Crippen LogP contribution in [0.1, 0.15) is 19.4 Å². The number of para-hydroxylation sites is 1. The van der Waals surface area contributed by atoms with E-state index in [0.29, 0.717) is 18.9 Å². The monoisotopic (exact) mass is 422 g/mol. The number of carbonyl (C=O) groups is 1. The fraction of sp³-hybridized carbons (Fsp3) is 0.320. The molecule has 6 nitrogen and oxygen atoms in total. The molecule has 0 bridgehead atoms. The number of hydrogen-bond donors (Lipinski definition) is 1. The Morgan fingerprint density at radius 3 is 2.65 bits per heavy atom. The standard InChI is InChI=1S/C25H30N2O4/c1-6-30-23-15-24-20(21(16-31-24)18-9-7-8-10-22(18)29-5)14-19(23)17(2)13-25(28)26-11-12-27(3)4/h7-10,13-16H,6,11-12H2,1-5H3,(H,26,28)/b17-13+. The Balaban J connectivity index is 2.02. The summed E-state index contributed by atoms with van der Waals surface area (Å²) in [7, 11) is 5.60. The maximum Gasteiger partial charge on any atom is 0.244 e. The van der Waals surface area contributed by atoms with Gasteiger partial charge in [0.25, 0.3) is 0 Å². The average molecular weight is 423 g/mol. The van der Waals surface area contributed by atoms with Crippen molar-refractivity contribution in [1.82, 2.24) is 10.2 Å². The predicted molar refractivity (Wildman–Crippen MR) is 125 cm³/mol. The van der Waals surface area contributed by atoms with Crippen LogP contribution in [-0.2, 0) is 4.79 Å². The van der Waals surface area contributed by atoms with Gasteiger partial charge in [0.2, 0.25) is 5.91 Å². The topological polar surface area (TPSA) is 63.9 Å². The number of furan rings is 1. The molecule has 3 aromatic rings. The van der Waals surface area contributed by atoms with Crippen LogP contribution < -0.4 is 14.8 Å². The van der Waals surface area contributed by atoms with Crippen LogP contribution in [0.2, 0.25) is 0 Å². The van der Waals surface area contributed by atoms with E-state index in [1.165, 1.54) is 0 Å². The van der Waals surface area contributed by atoms with Gasteiger partial charge in [0.15, 0.2) is 0 Å². The van der Waals surface area contributed by atoms with E-state index in [-0.39, 0.29) is 5.91 Å². The lowest BCUT2D eigenvalue weighted by atomic mass is 9.98. The average Bonchev–Trinajstić information content (AvgIpc) is 3.15. The molecule has 0 aliphatic rings. The van der Waals surface area contributed by atoms with Crippen LogP contribution in [0.5, 0.6) is 11.5 Å². The van der Waals surface area contributed by atoms with E-state index in [4.69, 9.17) is 13.9 Å². The zero-order chi connectivity index (χ0) is 22.4. The van der Waals surface area contributed by atoms with Crippen LogP contribution in [0.25, 0.3) is 27.7 Å². The summed E-state index contributed by atoms with van der Waals surface area (Å²) in [4.78, 5) is 14.4. The van der Waals surface area contributed by atoms with Crippen molar-refractivity contribution < 1.29 is 18.7 Å². The molecule has 0 fully saturated rings. The highest BCUT2D eigenvalue weighted by Crippen LogP contribution is 2.40. The third-order valence-corrected chi connectivity index (χ3v) is 5.00. The summed E-state index contributed by atoms with van der Waals surface area (Å²) in [6, 6.07) is 11.7. The summed E-state index contributed by atoms with van der Waals surface area (Å²) in [6.45, 7) is 5.74. The molecule has 0 spiro atoms. The van der Waals surface area contributed by atoms with Crippen LogP contribution >= 0.6 is 0 Å². The van der Waals surface area contributed by atoms with Crippen molar-refractivity contribution in [2.24, 2.45) is 0 Å². The number of amides is 1. The first kappa shape index (κ1) is 22.4. The second-order valence-corrected chi connectivity index (χ2v) is 7.55. The third kappa shape index (κ3) is 5.27. The largest absolute Gasteiger partial charge is 0.496 e. The second kappa shape index (κ2) is 10.2. The smallest absolute Gasteiger partial charge is 0.244 e. The Kier molecular flexibility index (Phi) is 7.36. The number of benzene rings is 2. The van der Waals surface area contributed by atoms with Gasteiger partial charge in [-0.3, -0.25) is 4.79 Å². The van der Waals surface area contributed by atoms with Crippen molar-refractivity contribution in [3.05, 3.63) is 54.3 Å². The number of likely N-dealkylation sites (N-methyl/N-ethyl adjacent to an activating group) is 1. The molecule has 1 heterocycles. The van der Waals surface area contributed by atoms with E-state index in [9.17, 15) is 4.79 Å². The zero-order valence-corrected chi connectivity index (χ0v) is 18.8. The molecule has 0 atom stereocenters. The summed E-state index contributed by atoms with van der Waals surface area (Å²) >= 11 is 0. The SMILES string of the molecule is CCOc1cc2occ(-c3ccccc3OC)c2cc1/C(C)=C/C(=O)NCCN(C)C. The number of methoxy groups -OCH3 is 1. The van der Waals surface area contributed by atoms with Gasteiger partial charge in [0.05, 0.1) is 20.0 Å². The minimum atomic E-state index is -0.126. The predicted octanol–water partition coefficient (Wildman–Crippen LogP) is 4.59. The molecule has 0 unspecified atom stereocenters. The van der Waals surface area contributed by atoms with E-state index >= 15 is 0 Å². The normalized spacial score (nSPS) is 11.7. The molecule has 1 aromatic heterocycles. The van der Waals surface area contributed by atoms with Crippen LogP contribution in [0.15, 0.2) is 53.2 Å². The van der Waals surface area contributed by atoms with Crippen LogP contribution in [0.4, 0.5) is 0 Å². The van der Waals surface area contributed by atoms with Crippen LogP contribution in [0.3, 0.4) is 0 Å². The molecule has 0 saturated heterocycles. The maximum atomic E-state index is 12.4. The number of nitrogens with zero attached hydrogens (tertiary/aromatic N) is 1. The minimum absolute atomic E-state index is 0.126. The fourth-order valence-electron chi connectivity index (χ4n) is 3.44. The Hall–Kier alpha value is -3.25. The van der Waals surface area contributed by atoms with E-state index in [0.717, 1.165) is 45.5 Å². The Morgan fingerprint density at radius 2 is 1.94 bits per heavy atom. The van der Waals surface area contributed by atoms with Crippen molar-refractivity contribution >= 4 is 22.4 Å². The summed E-state index contributed by atoms with van der Waals surface area (Å²) < 4.78 is 17.2. The molecule has 0 aliphatic heterocycles. The molecule has 2 aromatic carbocycles. The van der Waals surface area contributed by atoms with E-state index in [2.05, 4.69) is 5.32 Å². The van der Waals surface area contributed by atoms with Gasteiger partial charge >= 0.3 is 0 Å². The first-order valence-electron chi connectivity index (χ1n) is 10.4. The van der Waals surface area contributed by atoms with Gasteiger partial charge in [0, 0.05) is 47.3 Å². The molecule has 31 heavy (non-hydrogen) atoms. The molecule has 3 rings (SSSR count). The highest BCUT2D eigenvalue weighted by atomic mass is 16.5. The lowest BCUT2D eigenvalue weighted by molar-refractivity contribution is -0.116. The molecule has 0 saturated carbocycles. The van der Waals surface area contributed by atoms with Gasteiger partial charge in [-0.1, -0.05) is 18.2 Å². The highest BCUT2D eigenvalue weighted by Gasteiger charge is 2.17. The number of fused-ring (bicyclic) bond motifs is 1. The van der Waals surface area contributed by atoms with Crippen molar-refractivity contribution in [1.29, 1.82) is 0 Å². The zero-order valence-electron chi connectivity index (χ0n) is 18.8. The van der Waals surface area contributed by atoms with Gasteiger partial charge in [-0.2, -0.15) is 0 Å². The van der Waals surface area contributed by atoms with E-state index in [1.54, 1.807) is 19.4 Å². The first-order chi connectivity index (χ1) is 14.9. The molecule has 0 radical (unpaired) electrons. The summed E-state index contributed by atoms with van der Waals surface area (Å²) in [5, 5.41) is 3.85. The molecule has 164 valence electrons. The van der Waals surface area contributed by atoms with Gasteiger partial charge < -0.3 is 24.1 Å². The highest BCUT2D eigenvalue weighted by molar-refractivity contribution is 6.01.